The van der Waals surface area contributed by atoms with Crippen LogP contribution in [0, 0.1) is 17.3 Å². The maximum atomic E-state index is 13.5. The second-order valence-corrected chi connectivity index (χ2v) is 13.7. The summed E-state index contributed by atoms with van der Waals surface area (Å²) < 4.78 is 0. The summed E-state index contributed by atoms with van der Waals surface area (Å²) in [5, 5.41) is 11.2. The minimum Gasteiger partial charge on any atom is -0.393 e. The van der Waals surface area contributed by atoms with Crippen molar-refractivity contribution in [2.24, 2.45) is 17.3 Å². The van der Waals surface area contributed by atoms with Crippen LogP contribution in [0.2, 0.25) is 0 Å². The zero-order valence-corrected chi connectivity index (χ0v) is 24.9. The molecule has 3 fully saturated rings. The molecule has 1 saturated heterocycles. The molecule has 0 bridgehead atoms. The molecule has 220 valence electrons. The van der Waals surface area contributed by atoms with Gasteiger partial charge in [-0.15, -0.1) is 0 Å². The van der Waals surface area contributed by atoms with Gasteiger partial charge in [0.2, 0.25) is 0 Å². The number of ketones is 1. The number of fused-ring (bicyclic) bond motifs is 4. The average molecular weight is 565 g/mol. The van der Waals surface area contributed by atoms with Crippen molar-refractivity contribution in [1.29, 1.82) is 0 Å². The van der Waals surface area contributed by atoms with E-state index in [1.807, 2.05) is 23.1 Å². The van der Waals surface area contributed by atoms with Crippen LogP contribution in [0.25, 0.3) is 0 Å². The lowest BCUT2D eigenvalue weighted by Crippen LogP contribution is -2.49. The summed E-state index contributed by atoms with van der Waals surface area (Å²) in [6.45, 7) is 6.70. The first-order valence-electron chi connectivity index (χ1n) is 16.2. The first kappa shape index (κ1) is 27.8. The van der Waals surface area contributed by atoms with E-state index in [4.69, 9.17) is 0 Å². The van der Waals surface area contributed by atoms with E-state index in [0.29, 0.717) is 18.3 Å². The van der Waals surface area contributed by atoms with Crippen molar-refractivity contribution in [3.05, 3.63) is 94.1 Å². The number of benzene rings is 2. The van der Waals surface area contributed by atoms with Crippen LogP contribution in [0.1, 0.15) is 79.3 Å². The zero-order valence-electron chi connectivity index (χ0n) is 24.9. The molecule has 2 aromatic carbocycles. The fraction of sp³-hybridized carbons (Fsp3) is 0.514. The Morgan fingerprint density at radius 3 is 2.45 bits per heavy atom. The van der Waals surface area contributed by atoms with Crippen molar-refractivity contribution in [1.82, 2.24) is 9.80 Å². The lowest BCUT2D eigenvalue weighted by molar-refractivity contribution is -0.114. The third-order valence-corrected chi connectivity index (χ3v) is 11.5. The number of piperazine rings is 1. The van der Waals surface area contributed by atoms with Gasteiger partial charge in [0.25, 0.3) is 5.91 Å². The molecule has 5 atom stereocenters. The van der Waals surface area contributed by atoms with Gasteiger partial charge in [-0.3, -0.25) is 14.5 Å². The van der Waals surface area contributed by atoms with Gasteiger partial charge in [-0.05, 0) is 103 Å². The third kappa shape index (κ3) is 4.99. The molecule has 5 heteroatoms. The van der Waals surface area contributed by atoms with E-state index in [-0.39, 0.29) is 29.1 Å². The number of carbonyl (C=O) groups is 2. The molecule has 1 aliphatic heterocycles. The highest BCUT2D eigenvalue weighted by molar-refractivity contribution is 5.94. The largest absolute Gasteiger partial charge is 0.393 e. The van der Waals surface area contributed by atoms with Gasteiger partial charge in [0.1, 0.15) is 0 Å². The number of hydrogen-bond acceptors (Lipinski definition) is 4. The normalized spacial score (nSPS) is 31.3. The minimum absolute atomic E-state index is 0.0836. The SMILES string of the molecule is CC12CC(c3ccc(C(=O)N4CCN(CCc5ccccc5)CC4)cc3)C3=C4CCC(=O)C=C4CCC3C1CCC2O. The monoisotopic (exact) mass is 564 g/mol. The number of aliphatic hydroxyl groups is 1. The maximum Gasteiger partial charge on any atom is 0.253 e. The van der Waals surface area contributed by atoms with E-state index < -0.39 is 0 Å². The van der Waals surface area contributed by atoms with E-state index in [1.54, 1.807) is 5.57 Å². The minimum atomic E-state index is -0.256. The van der Waals surface area contributed by atoms with Gasteiger partial charge in [0, 0.05) is 50.6 Å². The van der Waals surface area contributed by atoms with Crippen LogP contribution in [0.5, 0.6) is 0 Å². The molecule has 5 unspecified atom stereocenters. The Hall–Kier alpha value is -3.02. The molecule has 0 aromatic heterocycles. The quantitative estimate of drug-likeness (QED) is 0.488. The third-order valence-electron chi connectivity index (χ3n) is 11.5. The van der Waals surface area contributed by atoms with E-state index in [2.05, 4.69) is 54.3 Å². The highest BCUT2D eigenvalue weighted by atomic mass is 16.3. The summed E-state index contributed by atoms with van der Waals surface area (Å²) in [6, 6.07) is 19.0. The number of hydrogen-bond donors (Lipinski definition) is 1. The molecule has 5 aliphatic rings. The molecular weight excluding hydrogens is 520 g/mol. The van der Waals surface area contributed by atoms with Crippen LogP contribution < -0.4 is 0 Å². The van der Waals surface area contributed by atoms with Crippen molar-refractivity contribution >= 4 is 11.7 Å². The van der Waals surface area contributed by atoms with Crippen LogP contribution in [-0.4, -0.2) is 65.4 Å². The highest BCUT2D eigenvalue weighted by Gasteiger charge is 2.56. The predicted octanol–water partition coefficient (Wildman–Crippen LogP) is 5.95. The summed E-state index contributed by atoms with van der Waals surface area (Å²) in [6.07, 6.45) is 9.15. The standard InChI is InChI=1S/C37H44N2O3/c1-37-24-32(35-30-14-12-29(40)23-28(30)11-13-31(35)33(37)15-16-34(37)41)26-7-9-27(10-8-26)36(42)39-21-19-38(20-22-39)18-17-25-5-3-2-4-6-25/h2-10,23,31-34,41H,11-22,24H2,1H3. The molecule has 2 aromatic rings. The van der Waals surface area contributed by atoms with E-state index in [0.717, 1.165) is 83.2 Å². The Kier molecular flexibility index (Phi) is 7.44. The number of carbonyl (C=O) groups excluding carboxylic acids is 2. The molecule has 5 nitrogen and oxygen atoms in total. The molecule has 0 spiro atoms. The molecule has 1 heterocycles. The van der Waals surface area contributed by atoms with Crippen molar-refractivity contribution in [2.75, 3.05) is 32.7 Å². The van der Waals surface area contributed by atoms with Crippen LogP contribution in [-0.2, 0) is 11.2 Å². The molecular formula is C37H44N2O3. The van der Waals surface area contributed by atoms with Gasteiger partial charge < -0.3 is 10.0 Å². The molecule has 1 N–H and O–H groups in total. The molecule has 42 heavy (non-hydrogen) atoms. The van der Waals surface area contributed by atoms with Crippen molar-refractivity contribution < 1.29 is 14.7 Å². The molecule has 7 rings (SSSR count). The van der Waals surface area contributed by atoms with E-state index in [9.17, 15) is 14.7 Å². The second kappa shape index (κ2) is 11.2. The first-order chi connectivity index (χ1) is 20.4. The summed E-state index contributed by atoms with van der Waals surface area (Å²) in [4.78, 5) is 30.2. The summed E-state index contributed by atoms with van der Waals surface area (Å²) >= 11 is 0. The Balaban J connectivity index is 1.08. The van der Waals surface area contributed by atoms with Gasteiger partial charge in [-0.2, -0.15) is 0 Å². The first-order valence-corrected chi connectivity index (χ1v) is 16.2. The lowest BCUT2D eigenvalue weighted by atomic mass is 9.53. The molecule has 0 radical (unpaired) electrons. The van der Waals surface area contributed by atoms with Gasteiger partial charge in [0.15, 0.2) is 5.78 Å². The number of rotatable bonds is 5. The van der Waals surface area contributed by atoms with E-state index in [1.165, 1.54) is 22.3 Å². The molecule has 1 amide bonds. The highest BCUT2D eigenvalue weighted by Crippen LogP contribution is 2.63. The van der Waals surface area contributed by atoms with E-state index >= 15 is 0 Å². The summed E-state index contributed by atoms with van der Waals surface area (Å²) in [7, 11) is 0. The Morgan fingerprint density at radius 1 is 0.929 bits per heavy atom. The maximum absolute atomic E-state index is 13.5. The lowest BCUT2D eigenvalue weighted by Gasteiger charge is -2.52. The van der Waals surface area contributed by atoms with Crippen LogP contribution in [0.4, 0.5) is 0 Å². The van der Waals surface area contributed by atoms with Gasteiger partial charge in [-0.1, -0.05) is 55.0 Å². The number of allylic oxidation sites excluding steroid dienone is 4. The van der Waals surface area contributed by atoms with Crippen molar-refractivity contribution in [3.8, 4) is 0 Å². The molecule has 2 saturated carbocycles. The molecule has 4 aliphatic carbocycles. The summed E-state index contributed by atoms with van der Waals surface area (Å²) in [5.74, 6) is 1.61. The van der Waals surface area contributed by atoms with Gasteiger partial charge in [-0.25, -0.2) is 0 Å². The summed E-state index contributed by atoms with van der Waals surface area (Å²) in [5.41, 5.74) is 7.54. The average Bonchev–Trinajstić information content (AvgIpc) is 3.33. The van der Waals surface area contributed by atoms with Crippen LogP contribution in [0.15, 0.2) is 77.4 Å². The Labute approximate surface area is 250 Å². The van der Waals surface area contributed by atoms with Crippen LogP contribution in [0.3, 0.4) is 0 Å². The number of nitrogens with zero attached hydrogens (tertiary/aromatic N) is 2. The zero-order chi connectivity index (χ0) is 28.8. The topological polar surface area (TPSA) is 60.9 Å². The predicted molar refractivity (Wildman–Crippen MR) is 165 cm³/mol. The van der Waals surface area contributed by atoms with Crippen molar-refractivity contribution in [2.45, 2.75) is 70.3 Å². The number of aliphatic hydroxyl groups excluding tert-OH is 1. The van der Waals surface area contributed by atoms with Gasteiger partial charge in [0.05, 0.1) is 6.10 Å². The Bertz CT molecular complexity index is 1400. The Morgan fingerprint density at radius 2 is 1.69 bits per heavy atom. The van der Waals surface area contributed by atoms with Crippen LogP contribution >= 0.6 is 0 Å². The van der Waals surface area contributed by atoms with Gasteiger partial charge >= 0.3 is 0 Å². The smallest absolute Gasteiger partial charge is 0.253 e. The fourth-order valence-corrected chi connectivity index (χ4v) is 9.08. The van der Waals surface area contributed by atoms with Crippen molar-refractivity contribution in [3.63, 3.8) is 0 Å². The number of amides is 1. The second-order valence-electron chi connectivity index (χ2n) is 13.7. The fourth-order valence-electron chi connectivity index (χ4n) is 9.08.